The number of amides is 1. The number of hydrogen-bond acceptors (Lipinski definition) is 8. The molecule has 2 aromatic heterocycles. The van der Waals surface area contributed by atoms with E-state index in [0.29, 0.717) is 42.7 Å². The predicted octanol–water partition coefficient (Wildman–Crippen LogP) is 1.84. The zero-order valence-corrected chi connectivity index (χ0v) is 19.4. The molecule has 1 amide bonds. The maximum absolute atomic E-state index is 13.4. The summed E-state index contributed by atoms with van der Waals surface area (Å²) in [6.45, 7) is 7.65. The highest BCUT2D eigenvalue weighted by molar-refractivity contribution is 7.22. The Bertz CT molecular complexity index is 1170. The van der Waals surface area contributed by atoms with Gasteiger partial charge in [0, 0.05) is 37.4 Å². The van der Waals surface area contributed by atoms with Crippen molar-refractivity contribution in [3.05, 3.63) is 46.1 Å². The van der Waals surface area contributed by atoms with Gasteiger partial charge in [-0.1, -0.05) is 11.3 Å². The number of carbonyl (C=O) groups is 1. The van der Waals surface area contributed by atoms with Crippen LogP contribution in [0.2, 0.25) is 0 Å². The summed E-state index contributed by atoms with van der Waals surface area (Å²) in [7, 11) is 1.62. The lowest BCUT2D eigenvalue weighted by Gasteiger charge is -2.29. The van der Waals surface area contributed by atoms with Crippen LogP contribution in [0.1, 0.15) is 11.3 Å². The van der Waals surface area contributed by atoms with Crippen LogP contribution in [0.25, 0.3) is 10.2 Å². The smallest absolute Gasteiger partial charge is 0.256 e. The first kappa shape index (κ1) is 22.4. The minimum Gasteiger partial charge on any atom is -0.497 e. The Labute approximate surface area is 190 Å². The first-order chi connectivity index (χ1) is 15.5. The van der Waals surface area contributed by atoms with E-state index in [2.05, 4.69) is 9.88 Å². The van der Waals surface area contributed by atoms with Crippen molar-refractivity contribution in [1.29, 1.82) is 0 Å². The molecule has 1 fully saturated rings. The van der Waals surface area contributed by atoms with E-state index in [9.17, 15) is 9.59 Å². The molecule has 0 atom stereocenters. The Morgan fingerprint density at radius 1 is 1.28 bits per heavy atom. The second kappa shape index (κ2) is 9.76. The van der Waals surface area contributed by atoms with Crippen LogP contribution >= 0.6 is 11.3 Å². The van der Waals surface area contributed by atoms with E-state index in [0.717, 1.165) is 29.1 Å². The van der Waals surface area contributed by atoms with Gasteiger partial charge in [0.25, 0.3) is 5.56 Å². The summed E-state index contributed by atoms with van der Waals surface area (Å²) >= 11 is 1.44. The molecule has 1 aliphatic heterocycles. The SMILES string of the molecule is COc1ccc2nc(N(CCN3CCOCC3)C(=O)Cn3cnc(C)c(C)c3=O)sc2c1. The monoisotopic (exact) mass is 457 g/mol. The number of anilines is 1. The summed E-state index contributed by atoms with van der Waals surface area (Å²) in [4.78, 5) is 38.8. The van der Waals surface area contributed by atoms with Crippen molar-refractivity contribution in [2.75, 3.05) is 51.4 Å². The maximum atomic E-state index is 13.4. The molecular formula is C22H27N5O4S. The number of ether oxygens (including phenoxy) is 2. The molecule has 1 aliphatic rings. The van der Waals surface area contributed by atoms with E-state index in [4.69, 9.17) is 14.5 Å². The summed E-state index contributed by atoms with van der Waals surface area (Å²) in [6, 6.07) is 5.65. The lowest BCUT2D eigenvalue weighted by molar-refractivity contribution is -0.119. The van der Waals surface area contributed by atoms with Crippen LogP contribution in [-0.4, -0.2) is 71.8 Å². The second-order valence-corrected chi connectivity index (χ2v) is 8.73. The highest BCUT2D eigenvalue weighted by atomic mass is 32.1. The van der Waals surface area contributed by atoms with Crippen molar-refractivity contribution in [1.82, 2.24) is 19.4 Å². The molecule has 32 heavy (non-hydrogen) atoms. The highest BCUT2D eigenvalue weighted by Crippen LogP contribution is 2.31. The van der Waals surface area contributed by atoms with Crippen LogP contribution in [0.4, 0.5) is 5.13 Å². The van der Waals surface area contributed by atoms with Gasteiger partial charge in [-0.3, -0.25) is 24.0 Å². The zero-order chi connectivity index (χ0) is 22.7. The first-order valence-corrected chi connectivity index (χ1v) is 11.4. The van der Waals surface area contributed by atoms with Crippen molar-refractivity contribution in [2.45, 2.75) is 20.4 Å². The third-order valence-electron chi connectivity index (χ3n) is 5.68. The molecule has 3 aromatic rings. The number of morpholine rings is 1. The van der Waals surface area contributed by atoms with E-state index in [1.807, 2.05) is 18.2 Å². The molecule has 0 spiro atoms. The molecule has 3 heterocycles. The number of methoxy groups -OCH3 is 1. The Morgan fingerprint density at radius 2 is 2.06 bits per heavy atom. The number of nitrogens with zero attached hydrogens (tertiary/aromatic N) is 5. The van der Waals surface area contributed by atoms with Gasteiger partial charge < -0.3 is 9.47 Å². The van der Waals surface area contributed by atoms with Gasteiger partial charge in [-0.05, 0) is 32.0 Å². The third-order valence-corrected chi connectivity index (χ3v) is 6.72. The van der Waals surface area contributed by atoms with E-state index in [1.165, 1.54) is 22.2 Å². The molecule has 0 saturated carbocycles. The molecule has 170 valence electrons. The van der Waals surface area contributed by atoms with Crippen LogP contribution in [0, 0.1) is 13.8 Å². The number of hydrogen-bond donors (Lipinski definition) is 0. The van der Waals surface area contributed by atoms with Crippen LogP contribution in [0.15, 0.2) is 29.3 Å². The number of rotatable bonds is 7. The summed E-state index contributed by atoms with van der Waals surface area (Å²) in [5.41, 5.74) is 1.82. The minimum absolute atomic E-state index is 0.0880. The number of thiazole rings is 1. The molecule has 0 N–H and O–H groups in total. The quantitative estimate of drug-likeness (QED) is 0.535. The molecule has 0 aliphatic carbocycles. The summed E-state index contributed by atoms with van der Waals surface area (Å²) in [5.74, 6) is 0.545. The van der Waals surface area contributed by atoms with Crippen LogP contribution < -0.4 is 15.2 Å². The Morgan fingerprint density at radius 3 is 2.81 bits per heavy atom. The van der Waals surface area contributed by atoms with Crippen LogP contribution in [0.5, 0.6) is 5.75 Å². The van der Waals surface area contributed by atoms with Crippen molar-refractivity contribution >= 4 is 32.6 Å². The maximum Gasteiger partial charge on any atom is 0.256 e. The summed E-state index contributed by atoms with van der Waals surface area (Å²) < 4.78 is 13.0. The number of benzene rings is 1. The molecule has 9 nitrogen and oxygen atoms in total. The lowest BCUT2D eigenvalue weighted by Crippen LogP contribution is -2.44. The fourth-order valence-electron chi connectivity index (χ4n) is 3.55. The van der Waals surface area contributed by atoms with Gasteiger partial charge in [-0.25, -0.2) is 9.97 Å². The Hall–Kier alpha value is -2.82. The average Bonchev–Trinajstić information content (AvgIpc) is 3.23. The number of aromatic nitrogens is 3. The van der Waals surface area contributed by atoms with Gasteiger partial charge in [0.05, 0.1) is 36.9 Å². The molecule has 1 saturated heterocycles. The normalized spacial score (nSPS) is 14.6. The largest absolute Gasteiger partial charge is 0.497 e. The number of fused-ring (bicyclic) bond motifs is 1. The van der Waals surface area contributed by atoms with Gasteiger partial charge in [-0.2, -0.15) is 0 Å². The predicted molar refractivity (Wildman–Crippen MR) is 124 cm³/mol. The van der Waals surface area contributed by atoms with Crippen molar-refractivity contribution in [3.8, 4) is 5.75 Å². The molecule has 1 aromatic carbocycles. The van der Waals surface area contributed by atoms with Crippen molar-refractivity contribution in [3.63, 3.8) is 0 Å². The van der Waals surface area contributed by atoms with Crippen molar-refractivity contribution in [2.24, 2.45) is 0 Å². The second-order valence-electron chi connectivity index (χ2n) is 7.72. The average molecular weight is 458 g/mol. The lowest BCUT2D eigenvalue weighted by atomic mass is 10.3. The highest BCUT2D eigenvalue weighted by Gasteiger charge is 2.23. The van der Waals surface area contributed by atoms with Crippen molar-refractivity contribution < 1.29 is 14.3 Å². The zero-order valence-electron chi connectivity index (χ0n) is 18.5. The van der Waals surface area contributed by atoms with Crippen LogP contribution in [0.3, 0.4) is 0 Å². The fourth-order valence-corrected chi connectivity index (χ4v) is 4.59. The molecule has 4 rings (SSSR count). The van der Waals surface area contributed by atoms with E-state index in [-0.39, 0.29) is 18.0 Å². The van der Waals surface area contributed by atoms with Crippen LogP contribution in [-0.2, 0) is 16.1 Å². The molecule has 0 radical (unpaired) electrons. The van der Waals surface area contributed by atoms with Gasteiger partial charge in [0.1, 0.15) is 12.3 Å². The molecule has 10 heteroatoms. The Balaban J connectivity index is 1.61. The van der Waals surface area contributed by atoms with E-state index >= 15 is 0 Å². The van der Waals surface area contributed by atoms with Gasteiger partial charge in [0.15, 0.2) is 5.13 Å². The topological polar surface area (TPSA) is 89.8 Å². The van der Waals surface area contributed by atoms with E-state index < -0.39 is 0 Å². The molecule has 0 bridgehead atoms. The van der Waals surface area contributed by atoms with E-state index in [1.54, 1.807) is 25.9 Å². The summed E-state index contributed by atoms with van der Waals surface area (Å²) in [6.07, 6.45) is 1.44. The Kier molecular flexibility index (Phi) is 6.83. The summed E-state index contributed by atoms with van der Waals surface area (Å²) in [5, 5.41) is 0.608. The molecular weight excluding hydrogens is 430 g/mol. The van der Waals surface area contributed by atoms with Gasteiger partial charge >= 0.3 is 0 Å². The number of aryl methyl sites for hydroxylation is 1. The van der Waals surface area contributed by atoms with Gasteiger partial charge in [0.2, 0.25) is 5.91 Å². The standard InChI is InChI=1S/C22H27N5O4S/c1-15-16(2)23-14-26(21(15)29)13-20(28)27(7-6-25-8-10-31-11-9-25)22-24-18-5-4-17(30-3)12-19(18)32-22/h4-5,12,14H,6-11,13H2,1-3H3. The third kappa shape index (κ3) is 4.82. The van der Waals surface area contributed by atoms with Gasteiger partial charge in [-0.15, -0.1) is 0 Å². The number of carbonyl (C=O) groups excluding carboxylic acids is 1. The fraction of sp³-hybridized carbons (Fsp3) is 0.455. The minimum atomic E-state index is -0.201. The first-order valence-electron chi connectivity index (χ1n) is 10.5. The molecule has 0 unspecified atom stereocenters.